The van der Waals surface area contributed by atoms with E-state index in [1.54, 1.807) is 17.7 Å². The standard InChI is InChI=1S/C27H28ClF3N8O4/c1-38-23-22(28)17(43-16-3-6-32-19(9-16)34-21(40)14-41-2)13-33-24(23)36-25(38)35-20-10-18(27(29,30)31)39(37-20)15-11-26(12-15)4-7-42-8-5-26/h3,6,9-10,13,15H,4-5,7-8,11-12,14H2,1-2H3,(H,32,34,40)(H,33,35,36,37). The topological polar surface area (TPSA) is 130 Å². The minimum Gasteiger partial charge on any atom is -0.454 e. The Bertz CT molecular complexity index is 1660. The van der Waals surface area contributed by atoms with Crippen LogP contribution in [0.15, 0.2) is 30.6 Å². The third kappa shape index (κ3) is 5.84. The summed E-state index contributed by atoms with van der Waals surface area (Å²) in [5, 5.41) is 9.96. The number of pyridine rings is 2. The third-order valence-electron chi connectivity index (χ3n) is 7.81. The average molecular weight is 621 g/mol. The molecule has 12 nitrogen and oxygen atoms in total. The smallest absolute Gasteiger partial charge is 0.433 e. The number of alkyl halides is 3. The molecule has 16 heteroatoms. The van der Waals surface area contributed by atoms with Crippen molar-refractivity contribution < 1.29 is 32.2 Å². The number of fused-ring (bicyclic) bond motifs is 1. The van der Waals surface area contributed by atoms with Crippen molar-refractivity contribution in [2.24, 2.45) is 12.5 Å². The van der Waals surface area contributed by atoms with Gasteiger partial charge < -0.3 is 29.4 Å². The molecule has 2 fully saturated rings. The molecular weight excluding hydrogens is 593 g/mol. The van der Waals surface area contributed by atoms with Crippen LogP contribution in [-0.2, 0) is 27.5 Å². The molecular formula is C27H28ClF3N8O4. The van der Waals surface area contributed by atoms with E-state index in [9.17, 15) is 18.0 Å². The number of imidazole rings is 1. The molecule has 1 spiro atoms. The normalized spacial score (nSPS) is 16.8. The van der Waals surface area contributed by atoms with E-state index in [-0.39, 0.29) is 58.0 Å². The highest BCUT2D eigenvalue weighted by Crippen LogP contribution is 2.55. The van der Waals surface area contributed by atoms with Gasteiger partial charge in [0.15, 0.2) is 17.2 Å². The Hall–Kier alpha value is -3.95. The maximum atomic E-state index is 14.0. The number of aryl methyl sites for hydroxylation is 1. The Morgan fingerprint density at radius 2 is 1.98 bits per heavy atom. The van der Waals surface area contributed by atoms with Crippen LogP contribution in [0.3, 0.4) is 0 Å². The molecule has 4 aromatic heterocycles. The number of aromatic nitrogens is 6. The lowest BCUT2D eigenvalue weighted by Gasteiger charge is -2.50. The molecule has 0 unspecified atom stereocenters. The number of nitrogens with one attached hydrogen (secondary N) is 2. The number of ether oxygens (including phenoxy) is 3. The maximum Gasteiger partial charge on any atom is 0.433 e. The number of carbonyl (C=O) groups excluding carboxylic acids is 1. The molecule has 4 aromatic rings. The van der Waals surface area contributed by atoms with Crippen LogP contribution in [0.2, 0.25) is 5.02 Å². The molecule has 5 heterocycles. The molecule has 228 valence electrons. The van der Waals surface area contributed by atoms with Crippen molar-refractivity contribution in [1.82, 2.24) is 29.3 Å². The van der Waals surface area contributed by atoms with Gasteiger partial charge in [0, 0.05) is 45.7 Å². The lowest BCUT2D eigenvalue weighted by atomic mass is 9.61. The second-order valence-corrected chi connectivity index (χ2v) is 11.1. The lowest BCUT2D eigenvalue weighted by molar-refractivity contribution is -0.148. The lowest BCUT2D eigenvalue weighted by Crippen LogP contribution is -2.43. The summed E-state index contributed by atoms with van der Waals surface area (Å²) in [5.74, 6) is 0.591. The van der Waals surface area contributed by atoms with Crippen LogP contribution in [0, 0.1) is 5.41 Å². The van der Waals surface area contributed by atoms with E-state index in [1.165, 1.54) is 25.6 Å². The molecule has 6 rings (SSSR count). The minimum atomic E-state index is -4.58. The number of rotatable bonds is 8. The van der Waals surface area contributed by atoms with Crippen LogP contribution < -0.4 is 15.4 Å². The fourth-order valence-corrected chi connectivity index (χ4v) is 5.96. The van der Waals surface area contributed by atoms with E-state index >= 15 is 0 Å². The van der Waals surface area contributed by atoms with Gasteiger partial charge in [0.25, 0.3) is 5.91 Å². The van der Waals surface area contributed by atoms with Gasteiger partial charge in [0.1, 0.15) is 34.4 Å². The molecule has 1 aliphatic carbocycles. The Labute approximate surface area is 248 Å². The zero-order valence-electron chi connectivity index (χ0n) is 23.2. The van der Waals surface area contributed by atoms with Crippen molar-refractivity contribution in [1.29, 1.82) is 0 Å². The van der Waals surface area contributed by atoms with Gasteiger partial charge in [0.05, 0.1) is 12.2 Å². The van der Waals surface area contributed by atoms with Crippen LogP contribution >= 0.6 is 11.6 Å². The van der Waals surface area contributed by atoms with Gasteiger partial charge in [-0.1, -0.05) is 11.6 Å². The van der Waals surface area contributed by atoms with Gasteiger partial charge in [-0.05, 0) is 37.2 Å². The molecule has 1 saturated carbocycles. The fraction of sp³-hybridized carbons (Fsp3) is 0.444. The summed E-state index contributed by atoms with van der Waals surface area (Å²) < 4.78 is 60.8. The first-order valence-electron chi connectivity index (χ1n) is 13.5. The fourth-order valence-electron chi connectivity index (χ4n) is 5.66. The predicted octanol–water partition coefficient (Wildman–Crippen LogP) is 5.48. The Morgan fingerprint density at radius 3 is 2.70 bits per heavy atom. The number of anilines is 3. The molecule has 1 saturated heterocycles. The zero-order chi connectivity index (χ0) is 30.4. The van der Waals surface area contributed by atoms with Crippen molar-refractivity contribution in [3.05, 3.63) is 41.3 Å². The summed E-state index contributed by atoms with van der Waals surface area (Å²) in [6, 6.07) is 3.72. The minimum absolute atomic E-state index is 0.00564. The largest absolute Gasteiger partial charge is 0.454 e. The zero-order valence-corrected chi connectivity index (χ0v) is 24.0. The van der Waals surface area contributed by atoms with Crippen molar-refractivity contribution in [2.75, 3.05) is 37.6 Å². The summed E-state index contributed by atoms with van der Waals surface area (Å²) in [5.41, 5.74) is -0.149. The summed E-state index contributed by atoms with van der Waals surface area (Å²) >= 11 is 6.67. The average Bonchev–Trinajstić information content (AvgIpc) is 3.51. The van der Waals surface area contributed by atoms with Crippen LogP contribution in [0.1, 0.15) is 37.4 Å². The molecule has 2 N–H and O–H groups in total. The monoisotopic (exact) mass is 620 g/mol. The number of carbonyl (C=O) groups is 1. The Balaban J connectivity index is 1.23. The molecule has 2 aliphatic rings. The van der Waals surface area contributed by atoms with Crippen molar-refractivity contribution >= 4 is 46.3 Å². The van der Waals surface area contributed by atoms with E-state index < -0.39 is 11.9 Å². The predicted molar refractivity (Wildman–Crippen MR) is 150 cm³/mol. The molecule has 0 aromatic carbocycles. The van der Waals surface area contributed by atoms with Gasteiger partial charge in [-0.3, -0.25) is 9.48 Å². The highest BCUT2D eigenvalue weighted by molar-refractivity contribution is 6.36. The summed E-state index contributed by atoms with van der Waals surface area (Å²) in [6.45, 7) is 1.14. The van der Waals surface area contributed by atoms with Crippen LogP contribution in [-0.4, -0.2) is 62.1 Å². The van der Waals surface area contributed by atoms with Crippen LogP contribution in [0.5, 0.6) is 11.5 Å². The number of halogens is 4. The molecule has 0 bridgehead atoms. The first-order valence-corrected chi connectivity index (χ1v) is 13.9. The van der Waals surface area contributed by atoms with E-state index in [0.717, 1.165) is 23.6 Å². The van der Waals surface area contributed by atoms with E-state index in [4.69, 9.17) is 25.8 Å². The summed E-state index contributed by atoms with van der Waals surface area (Å²) in [6.07, 6.45) is 1.22. The Morgan fingerprint density at radius 1 is 1.21 bits per heavy atom. The van der Waals surface area contributed by atoms with Crippen molar-refractivity contribution in [3.63, 3.8) is 0 Å². The van der Waals surface area contributed by atoms with Gasteiger partial charge in [0.2, 0.25) is 5.95 Å². The summed E-state index contributed by atoms with van der Waals surface area (Å²) in [7, 11) is 3.05. The number of hydrogen-bond acceptors (Lipinski definition) is 9. The number of nitrogens with zero attached hydrogens (tertiary/aromatic N) is 6. The van der Waals surface area contributed by atoms with Crippen molar-refractivity contribution in [2.45, 2.75) is 37.9 Å². The second-order valence-electron chi connectivity index (χ2n) is 10.7. The Kier molecular flexibility index (Phi) is 7.64. The first kappa shape index (κ1) is 29.1. The molecule has 1 aliphatic heterocycles. The first-order chi connectivity index (χ1) is 20.5. The van der Waals surface area contributed by atoms with Crippen LogP contribution in [0.25, 0.3) is 11.2 Å². The number of methoxy groups -OCH3 is 1. The van der Waals surface area contributed by atoms with Gasteiger partial charge >= 0.3 is 6.18 Å². The van der Waals surface area contributed by atoms with Crippen molar-refractivity contribution in [3.8, 4) is 11.5 Å². The molecule has 0 radical (unpaired) electrons. The van der Waals surface area contributed by atoms with E-state index in [1.807, 2.05) is 0 Å². The highest BCUT2D eigenvalue weighted by atomic mass is 35.5. The van der Waals surface area contributed by atoms with Crippen LogP contribution in [0.4, 0.5) is 30.8 Å². The van der Waals surface area contributed by atoms with Gasteiger partial charge in [-0.25, -0.2) is 9.97 Å². The van der Waals surface area contributed by atoms with Gasteiger partial charge in [-0.2, -0.15) is 23.3 Å². The number of amides is 1. The quantitative estimate of drug-likeness (QED) is 0.263. The van der Waals surface area contributed by atoms with E-state index in [0.29, 0.717) is 37.3 Å². The molecule has 43 heavy (non-hydrogen) atoms. The molecule has 1 amide bonds. The third-order valence-corrected chi connectivity index (χ3v) is 8.18. The van der Waals surface area contributed by atoms with E-state index in [2.05, 4.69) is 30.7 Å². The van der Waals surface area contributed by atoms with Gasteiger partial charge in [-0.15, -0.1) is 0 Å². The molecule has 0 atom stereocenters. The number of hydrogen-bond donors (Lipinski definition) is 2. The maximum absolute atomic E-state index is 14.0. The summed E-state index contributed by atoms with van der Waals surface area (Å²) in [4.78, 5) is 24.6. The SMILES string of the molecule is COCC(=O)Nc1cc(Oc2cnc3nc(Nc4cc(C(F)(F)F)n(C5CC6(CCOCC6)C5)n4)n(C)c3c2Cl)ccn1. The second kappa shape index (κ2) is 11.3. The highest BCUT2D eigenvalue weighted by Gasteiger charge is 2.49.